The van der Waals surface area contributed by atoms with E-state index in [0.29, 0.717) is 19.3 Å². The topological polar surface area (TPSA) is 35.5 Å². The molecule has 1 aliphatic rings. The van der Waals surface area contributed by atoms with Crippen molar-refractivity contribution in [2.75, 3.05) is 20.5 Å². The van der Waals surface area contributed by atoms with Crippen LogP contribution in [0, 0.1) is 17.3 Å². The third-order valence-corrected chi connectivity index (χ3v) is 3.06. The van der Waals surface area contributed by atoms with Crippen molar-refractivity contribution in [3.63, 3.8) is 0 Å². The normalized spacial score (nSPS) is 30.1. The van der Waals surface area contributed by atoms with E-state index in [1.54, 1.807) is 7.11 Å². The molecule has 3 nitrogen and oxygen atoms in total. The lowest BCUT2D eigenvalue weighted by Gasteiger charge is -2.03. The standard InChI is InChI=1S/C10H18O3/c1-10(2)8(9(10)6-11)4-5-13-7-12-3/h6,8-9H,4-5,7H2,1-3H3/t8-,9+/m0/s1. The zero-order chi connectivity index (χ0) is 9.90. The van der Waals surface area contributed by atoms with Crippen LogP contribution in [-0.2, 0) is 14.3 Å². The summed E-state index contributed by atoms with van der Waals surface area (Å²) < 4.78 is 9.94. The largest absolute Gasteiger partial charge is 0.359 e. The Morgan fingerprint density at radius 1 is 1.46 bits per heavy atom. The van der Waals surface area contributed by atoms with E-state index in [1.165, 1.54) is 0 Å². The summed E-state index contributed by atoms with van der Waals surface area (Å²) in [6.07, 6.45) is 2.03. The molecule has 1 saturated carbocycles. The molecular formula is C10H18O3. The van der Waals surface area contributed by atoms with Crippen LogP contribution < -0.4 is 0 Å². The van der Waals surface area contributed by atoms with Gasteiger partial charge in [0.15, 0.2) is 0 Å². The van der Waals surface area contributed by atoms with E-state index in [2.05, 4.69) is 13.8 Å². The van der Waals surface area contributed by atoms with Crippen molar-refractivity contribution < 1.29 is 14.3 Å². The molecule has 0 aromatic heterocycles. The van der Waals surface area contributed by atoms with Gasteiger partial charge < -0.3 is 14.3 Å². The first-order valence-corrected chi connectivity index (χ1v) is 4.66. The fraction of sp³-hybridized carbons (Fsp3) is 0.900. The van der Waals surface area contributed by atoms with Crippen LogP contribution >= 0.6 is 0 Å². The van der Waals surface area contributed by atoms with Gasteiger partial charge in [-0.05, 0) is 17.8 Å². The van der Waals surface area contributed by atoms with Crippen molar-refractivity contribution >= 4 is 6.29 Å². The van der Waals surface area contributed by atoms with Crippen LogP contribution in [-0.4, -0.2) is 26.8 Å². The molecule has 0 aliphatic heterocycles. The molecule has 0 radical (unpaired) electrons. The number of carbonyl (C=O) groups excluding carboxylic acids is 1. The number of carbonyl (C=O) groups is 1. The molecule has 13 heavy (non-hydrogen) atoms. The summed E-state index contributed by atoms with van der Waals surface area (Å²) in [5.41, 5.74) is 0.193. The maximum Gasteiger partial charge on any atom is 0.146 e. The Bertz CT molecular complexity index is 177. The first-order valence-electron chi connectivity index (χ1n) is 4.66. The molecule has 0 aromatic rings. The summed E-state index contributed by atoms with van der Waals surface area (Å²) >= 11 is 0. The van der Waals surface area contributed by atoms with Gasteiger partial charge in [-0.3, -0.25) is 0 Å². The average Bonchev–Trinajstić information content (AvgIpc) is 2.61. The minimum atomic E-state index is 0.193. The monoisotopic (exact) mass is 186 g/mol. The summed E-state index contributed by atoms with van der Waals surface area (Å²) in [5.74, 6) is 0.737. The second-order valence-corrected chi connectivity index (χ2v) is 4.19. The molecule has 0 bridgehead atoms. The number of rotatable bonds is 6. The number of hydrogen-bond donors (Lipinski definition) is 0. The highest BCUT2D eigenvalue weighted by Gasteiger charge is 2.56. The highest BCUT2D eigenvalue weighted by molar-refractivity contribution is 5.61. The van der Waals surface area contributed by atoms with Gasteiger partial charge in [-0.1, -0.05) is 13.8 Å². The maximum atomic E-state index is 10.6. The van der Waals surface area contributed by atoms with Crippen molar-refractivity contribution in [1.82, 2.24) is 0 Å². The summed E-state index contributed by atoms with van der Waals surface area (Å²) in [6.45, 7) is 5.30. The fourth-order valence-corrected chi connectivity index (χ4v) is 1.96. The summed E-state index contributed by atoms with van der Waals surface area (Å²) in [7, 11) is 1.61. The maximum absolute atomic E-state index is 10.6. The Balaban J connectivity index is 2.14. The van der Waals surface area contributed by atoms with Crippen molar-refractivity contribution in [3.8, 4) is 0 Å². The van der Waals surface area contributed by atoms with Gasteiger partial charge in [-0.2, -0.15) is 0 Å². The second-order valence-electron chi connectivity index (χ2n) is 4.19. The highest BCUT2D eigenvalue weighted by atomic mass is 16.7. The third kappa shape index (κ3) is 2.29. The van der Waals surface area contributed by atoms with Crippen molar-refractivity contribution in [1.29, 1.82) is 0 Å². The molecule has 2 atom stereocenters. The van der Waals surface area contributed by atoms with E-state index in [-0.39, 0.29) is 11.3 Å². The second kappa shape index (κ2) is 4.20. The van der Waals surface area contributed by atoms with Crippen LogP contribution in [0.1, 0.15) is 20.3 Å². The van der Waals surface area contributed by atoms with Crippen LogP contribution in [0.2, 0.25) is 0 Å². The molecule has 1 fully saturated rings. The summed E-state index contributed by atoms with van der Waals surface area (Å²) in [4.78, 5) is 10.6. The van der Waals surface area contributed by atoms with Gasteiger partial charge in [0.25, 0.3) is 0 Å². The molecule has 0 unspecified atom stereocenters. The van der Waals surface area contributed by atoms with Gasteiger partial charge in [-0.25, -0.2) is 0 Å². The number of aldehydes is 1. The lowest BCUT2D eigenvalue weighted by molar-refractivity contribution is -0.109. The van der Waals surface area contributed by atoms with E-state index in [1.807, 2.05) is 0 Å². The molecule has 0 saturated heterocycles. The number of ether oxygens (including phenoxy) is 2. The van der Waals surface area contributed by atoms with E-state index in [4.69, 9.17) is 9.47 Å². The van der Waals surface area contributed by atoms with Gasteiger partial charge in [0, 0.05) is 19.6 Å². The Morgan fingerprint density at radius 3 is 2.62 bits per heavy atom. The molecule has 0 amide bonds. The Hall–Kier alpha value is -0.410. The van der Waals surface area contributed by atoms with E-state index >= 15 is 0 Å². The molecular weight excluding hydrogens is 168 g/mol. The smallest absolute Gasteiger partial charge is 0.146 e. The van der Waals surface area contributed by atoms with Gasteiger partial charge in [-0.15, -0.1) is 0 Å². The SMILES string of the molecule is COCOCC[C@H]1[C@@H](C=O)C1(C)C. The zero-order valence-corrected chi connectivity index (χ0v) is 8.58. The third-order valence-electron chi connectivity index (χ3n) is 3.06. The molecule has 0 aromatic carbocycles. The molecule has 1 aliphatic carbocycles. The predicted molar refractivity (Wildman–Crippen MR) is 49.3 cm³/mol. The van der Waals surface area contributed by atoms with Crippen LogP contribution in [0.3, 0.4) is 0 Å². The molecule has 3 heteroatoms. The number of methoxy groups -OCH3 is 1. The molecule has 76 valence electrons. The van der Waals surface area contributed by atoms with Crippen molar-refractivity contribution in [2.45, 2.75) is 20.3 Å². The van der Waals surface area contributed by atoms with Crippen LogP contribution in [0.15, 0.2) is 0 Å². The van der Waals surface area contributed by atoms with Gasteiger partial charge in [0.2, 0.25) is 0 Å². The molecule has 0 spiro atoms. The van der Waals surface area contributed by atoms with Gasteiger partial charge >= 0.3 is 0 Å². The minimum absolute atomic E-state index is 0.193. The first kappa shape index (κ1) is 10.7. The van der Waals surface area contributed by atoms with Crippen LogP contribution in [0.4, 0.5) is 0 Å². The molecule has 1 rings (SSSR count). The minimum Gasteiger partial charge on any atom is -0.359 e. The predicted octanol–water partition coefficient (Wildman–Crippen LogP) is 1.47. The van der Waals surface area contributed by atoms with E-state index < -0.39 is 0 Å². The summed E-state index contributed by atoms with van der Waals surface area (Å²) in [5, 5.41) is 0. The van der Waals surface area contributed by atoms with Crippen molar-refractivity contribution in [3.05, 3.63) is 0 Å². The number of hydrogen-bond acceptors (Lipinski definition) is 3. The van der Waals surface area contributed by atoms with Gasteiger partial charge in [0.05, 0.1) is 0 Å². The van der Waals surface area contributed by atoms with E-state index in [0.717, 1.165) is 12.7 Å². The average molecular weight is 186 g/mol. The fourth-order valence-electron chi connectivity index (χ4n) is 1.96. The zero-order valence-electron chi connectivity index (χ0n) is 8.58. The quantitative estimate of drug-likeness (QED) is 0.358. The first-order chi connectivity index (χ1) is 6.14. The lowest BCUT2D eigenvalue weighted by Crippen LogP contribution is -2.01. The van der Waals surface area contributed by atoms with Crippen molar-refractivity contribution in [2.24, 2.45) is 17.3 Å². The lowest BCUT2D eigenvalue weighted by atomic mass is 10.1. The Labute approximate surface area is 79.4 Å². The summed E-state index contributed by atoms with van der Waals surface area (Å²) in [6, 6.07) is 0. The van der Waals surface area contributed by atoms with Gasteiger partial charge in [0.1, 0.15) is 13.1 Å². The van der Waals surface area contributed by atoms with E-state index in [9.17, 15) is 4.79 Å². The molecule has 0 N–H and O–H groups in total. The van der Waals surface area contributed by atoms with Crippen LogP contribution in [0.5, 0.6) is 0 Å². The van der Waals surface area contributed by atoms with Crippen LogP contribution in [0.25, 0.3) is 0 Å². The molecule has 0 heterocycles. The Morgan fingerprint density at radius 2 is 2.15 bits per heavy atom. The Kier molecular flexibility index (Phi) is 3.45. The highest BCUT2D eigenvalue weighted by Crippen LogP contribution is 2.58.